The molecule has 0 radical (unpaired) electrons. The Morgan fingerprint density at radius 2 is 0.463 bits per heavy atom. The van der Waals surface area contributed by atoms with Gasteiger partial charge in [-0.15, -0.1) is 0 Å². The van der Waals surface area contributed by atoms with Gasteiger partial charge < -0.3 is 33.8 Å². The van der Waals surface area contributed by atoms with Gasteiger partial charge in [-0.1, -0.05) is 280 Å². The van der Waals surface area contributed by atoms with Crippen LogP contribution in [0.2, 0.25) is 0 Å². The van der Waals surface area contributed by atoms with Crippen LogP contribution in [-0.2, 0) is 65.4 Å². The minimum absolute atomic E-state index is 0.0464. The normalized spacial score (nSPS) is 14.8. The molecule has 17 nitrogen and oxygen atoms in total. The maximum absolute atomic E-state index is 13.1. The van der Waals surface area contributed by atoms with E-state index in [0.29, 0.717) is 32.1 Å². The molecule has 0 aromatic rings. The smallest absolute Gasteiger partial charge is 0.462 e. The van der Waals surface area contributed by atoms with Gasteiger partial charge in [0.2, 0.25) is 0 Å². The molecule has 610 valence electrons. The Morgan fingerprint density at radius 3 is 0.731 bits per heavy atom. The molecular formula is C89H142O17P2. The van der Waals surface area contributed by atoms with E-state index in [0.717, 1.165) is 199 Å². The molecule has 0 bridgehead atoms. The fourth-order valence-corrected chi connectivity index (χ4v) is 11.6. The molecule has 19 heteroatoms. The number of ether oxygens (including phenoxy) is 4. The average Bonchev–Trinajstić information content (AvgIpc) is 0.901. The van der Waals surface area contributed by atoms with Gasteiger partial charge in [0.1, 0.15) is 19.3 Å². The van der Waals surface area contributed by atoms with Crippen molar-refractivity contribution >= 4 is 39.5 Å². The number of hydrogen-bond donors (Lipinski definition) is 3. The van der Waals surface area contributed by atoms with Crippen molar-refractivity contribution in [3.63, 3.8) is 0 Å². The van der Waals surface area contributed by atoms with Crippen molar-refractivity contribution in [1.29, 1.82) is 0 Å². The Morgan fingerprint density at radius 1 is 0.259 bits per heavy atom. The Balaban J connectivity index is 5.49. The zero-order valence-corrected chi connectivity index (χ0v) is 68.5. The quantitative estimate of drug-likeness (QED) is 0.0169. The van der Waals surface area contributed by atoms with E-state index in [1.807, 2.05) is 12.2 Å². The molecule has 0 aromatic carbocycles. The zero-order valence-electron chi connectivity index (χ0n) is 66.7. The summed E-state index contributed by atoms with van der Waals surface area (Å²) in [4.78, 5) is 73.1. The average molecular weight is 1550 g/mol. The summed E-state index contributed by atoms with van der Waals surface area (Å²) in [7, 11) is -10.0. The van der Waals surface area contributed by atoms with E-state index >= 15 is 0 Å². The first-order valence-corrected chi connectivity index (χ1v) is 43.7. The molecule has 5 atom stereocenters. The Bertz CT molecular complexity index is 2810. The number of aliphatic hydroxyl groups is 1. The highest BCUT2D eigenvalue weighted by Gasteiger charge is 2.30. The lowest BCUT2D eigenvalue weighted by atomic mass is 10.1. The van der Waals surface area contributed by atoms with Crippen molar-refractivity contribution < 1.29 is 80.2 Å². The number of esters is 4. The van der Waals surface area contributed by atoms with Gasteiger partial charge in [-0.05, 0) is 173 Å². The van der Waals surface area contributed by atoms with Crippen molar-refractivity contribution in [2.75, 3.05) is 39.6 Å². The fraction of sp³-hybridized carbons (Fsp3) is 0.596. The Kier molecular flexibility index (Phi) is 74.5. The maximum Gasteiger partial charge on any atom is 0.472 e. The molecule has 0 spiro atoms. The van der Waals surface area contributed by atoms with Gasteiger partial charge in [-0.25, -0.2) is 9.13 Å². The molecular weight excluding hydrogens is 1400 g/mol. The molecule has 108 heavy (non-hydrogen) atoms. The number of unbranched alkanes of at least 4 members (excludes halogenated alkanes) is 16. The number of carbonyl (C=O) groups excluding carboxylic acids is 4. The van der Waals surface area contributed by atoms with Gasteiger partial charge in [0.05, 0.1) is 26.4 Å². The number of allylic oxidation sites excluding steroid dienone is 32. The third-order valence-electron chi connectivity index (χ3n) is 16.0. The minimum atomic E-state index is -5.01. The second kappa shape index (κ2) is 79.0. The number of aliphatic hydroxyl groups excluding tert-OH is 1. The van der Waals surface area contributed by atoms with Gasteiger partial charge in [0.25, 0.3) is 0 Å². The van der Waals surface area contributed by atoms with Crippen LogP contribution < -0.4 is 0 Å². The number of phosphoric ester groups is 2. The first-order valence-electron chi connectivity index (χ1n) is 40.7. The Hall–Kier alpha value is -6.10. The van der Waals surface area contributed by atoms with Crippen LogP contribution in [0.5, 0.6) is 0 Å². The summed E-state index contributed by atoms with van der Waals surface area (Å²) < 4.78 is 68.6. The third-order valence-corrected chi connectivity index (χ3v) is 17.9. The monoisotopic (exact) mass is 1540 g/mol. The van der Waals surface area contributed by atoms with Crippen LogP contribution in [0.4, 0.5) is 0 Å². The predicted octanol–water partition coefficient (Wildman–Crippen LogP) is 24.1. The molecule has 0 amide bonds. The predicted molar refractivity (Wildman–Crippen MR) is 445 cm³/mol. The second-order valence-electron chi connectivity index (χ2n) is 26.2. The molecule has 0 saturated heterocycles. The molecule has 0 aliphatic carbocycles. The van der Waals surface area contributed by atoms with Crippen LogP contribution in [0.1, 0.15) is 285 Å². The van der Waals surface area contributed by atoms with Gasteiger partial charge in [-0.2, -0.15) is 0 Å². The highest BCUT2D eigenvalue weighted by atomic mass is 31.2. The second-order valence-corrected chi connectivity index (χ2v) is 29.1. The molecule has 0 heterocycles. The molecule has 0 aliphatic heterocycles. The summed E-state index contributed by atoms with van der Waals surface area (Å²) in [5, 5.41) is 10.7. The standard InChI is InChI=1S/C89H142O17P2/c1-5-9-13-17-21-25-29-33-37-40-41-44-47-50-54-58-62-66-70-74-87(92)100-79-84(105-88(93)75-71-67-63-59-55-51-45-36-32-28-24-20-16-12-8-4)81-103-107(95,96)101-77-83(90)78-102-108(97,98)104-82-85(106-89(94)76-72-68-64-60-56-52-48-43-39-35-31-27-23-19-15-11-7-3)80-99-86(91)73-69-65-61-57-53-49-46-42-38-34-30-26-22-18-14-10-6-2/h9-16,21-28,33-39,41,44-46,48-49,52,57,61,83-85,90H,5-8,17-20,29-32,40,42-43,47,50-51,53-56,58-60,62-82H2,1-4H3,(H,95,96)(H,97,98)/b13-9-,14-10-,15-11-,16-12-,25-21-,26-22-,27-23-,28-24-,37-33-,38-34-,39-35-,44-41-,45-36-,49-46-,52-48-,61-57-. The lowest BCUT2D eigenvalue weighted by Crippen LogP contribution is -2.30. The molecule has 5 unspecified atom stereocenters. The van der Waals surface area contributed by atoms with Crippen LogP contribution in [0.15, 0.2) is 194 Å². The molecule has 0 rings (SSSR count). The van der Waals surface area contributed by atoms with Gasteiger partial charge in [-0.3, -0.25) is 37.3 Å². The summed E-state index contributed by atoms with van der Waals surface area (Å²) in [6, 6.07) is 0. The summed E-state index contributed by atoms with van der Waals surface area (Å²) in [6.45, 7) is 4.28. The largest absolute Gasteiger partial charge is 0.472 e. The van der Waals surface area contributed by atoms with Crippen LogP contribution >= 0.6 is 15.6 Å². The topological polar surface area (TPSA) is 237 Å². The van der Waals surface area contributed by atoms with E-state index in [1.54, 1.807) is 0 Å². The van der Waals surface area contributed by atoms with Crippen molar-refractivity contribution in [3.8, 4) is 0 Å². The zero-order chi connectivity index (χ0) is 78.9. The maximum atomic E-state index is 13.1. The van der Waals surface area contributed by atoms with E-state index in [9.17, 15) is 43.2 Å². The van der Waals surface area contributed by atoms with Crippen molar-refractivity contribution in [2.45, 2.75) is 303 Å². The van der Waals surface area contributed by atoms with E-state index in [-0.39, 0.29) is 25.7 Å². The third kappa shape index (κ3) is 78.0. The first-order chi connectivity index (χ1) is 52.7. The molecule has 0 aromatic heterocycles. The van der Waals surface area contributed by atoms with Gasteiger partial charge >= 0.3 is 39.5 Å². The van der Waals surface area contributed by atoms with E-state index in [2.05, 4.69) is 210 Å². The SMILES string of the molecule is CC/C=C\C/C=C\C/C=C\C/C=C\C/C=C\CCCC(=O)OCC(COP(=O)(O)OCC(O)COP(=O)(O)OCC(COC(=O)CCCCCCCC/C=C\C/C=C\C/C=C\C/C=C\CC)OC(=O)CCCCCCC/C=C\C/C=C\C/C=C\CC)OC(=O)CCCCCC/C=C\C/C=C\C/C=C\C/C=C\CC. The van der Waals surface area contributed by atoms with Crippen LogP contribution in [0.3, 0.4) is 0 Å². The number of phosphoric acid groups is 2. The summed E-state index contributed by atoms with van der Waals surface area (Å²) in [5.41, 5.74) is 0. The van der Waals surface area contributed by atoms with E-state index in [4.69, 9.17) is 37.0 Å². The number of rotatable bonds is 74. The van der Waals surface area contributed by atoms with Crippen molar-refractivity contribution in [1.82, 2.24) is 0 Å². The van der Waals surface area contributed by atoms with Crippen LogP contribution in [-0.4, -0.2) is 96.7 Å². The molecule has 0 fully saturated rings. The van der Waals surface area contributed by atoms with Crippen LogP contribution in [0.25, 0.3) is 0 Å². The van der Waals surface area contributed by atoms with Gasteiger partial charge in [0.15, 0.2) is 12.2 Å². The summed E-state index contributed by atoms with van der Waals surface area (Å²) >= 11 is 0. The van der Waals surface area contributed by atoms with E-state index in [1.165, 1.54) is 0 Å². The summed E-state index contributed by atoms with van der Waals surface area (Å²) in [5.74, 6) is -2.32. The molecule has 0 aliphatic rings. The van der Waals surface area contributed by atoms with Crippen molar-refractivity contribution in [3.05, 3.63) is 194 Å². The molecule has 3 N–H and O–H groups in total. The highest BCUT2D eigenvalue weighted by Crippen LogP contribution is 2.45. The van der Waals surface area contributed by atoms with E-state index < -0.39 is 97.5 Å². The molecule has 0 saturated carbocycles. The first kappa shape index (κ1) is 102. The lowest BCUT2D eigenvalue weighted by Gasteiger charge is -2.21. The summed E-state index contributed by atoms with van der Waals surface area (Å²) in [6.07, 6.45) is 96.9. The van der Waals surface area contributed by atoms with Crippen LogP contribution in [0, 0.1) is 0 Å². The van der Waals surface area contributed by atoms with Crippen molar-refractivity contribution in [2.24, 2.45) is 0 Å². The number of carbonyl (C=O) groups is 4. The highest BCUT2D eigenvalue weighted by molar-refractivity contribution is 7.47. The van der Waals surface area contributed by atoms with Gasteiger partial charge in [0, 0.05) is 25.7 Å². The Labute approximate surface area is 653 Å². The minimum Gasteiger partial charge on any atom is -0.462 e. The number of hydrogen-bond acceptors (Lipinski definition) is 15. The lowest BCUT2D eigenvalue weighted by molar-refractivity contribution is -0.161. The fourth-order valence-electron chi connectivity index (χ4n) is 10.0.